The van der Waals surface area contributed by atoms with E-state index in [1.54, 1.807) is 49.4 Å². The minimum Gasteiger partial charge on any atom is -0.465 e. The van der Waals surface area contributed by atoms with Gasteiger partial charge in [-0.1, -0.05) is 11.6 Å². The van der Waals surface area contributed by atoms with E-state index in [0.29, 0.717) is 16.4 Å². The van der Waals surface area contributed by atoms with Crippen LogP contribution in [0.15, 0.2) is 71.4 Å². The molecular weight excluding hydrogens is 443 g/mol. The molecule has 0 spiro atoms. The second kappa shape index (κ2) is 8.71. The van der Waals surface area contributed by atoms with Crippen molar-refractivity contribution in [2.24, 2.45) is 0 Å². The van der Waals surface area contributed by atoms with Gasteiger partial charge in [0.05, 0.1) is 18.3 Å². The van der Waals surface area contributed by atoms with Crippen molar-refractivity contribution in [3.8, 4) is 5.69 Å². The molecule has 0 bridgehead atoms. The average molecular weight is 465 g/mol. The molecule has 0 N–H and O–H groups in total. The summed E-state index contributed by atoms with van der Waals surface area (Å²) >= 11 is 6.00. The van der Waals surface area contributed by atoms with Crippen molar-refractivity contribution in [1.82, 2.24) is 4.57 Å². The van der Waals surface area contributed by atoms with Crippen LogP contribution in [0.2, 0.25) is 5.02 Å². The molecule has 0 atom stereocenters. The van der Waals surface area contributed by atoms with E-state index >= 15 is 0 Å². The van der Waals surface area contributed by atoms with E-state index in [9.17, 15) is 14.0 Å². The second-order valence-corrected chi connectivity index (χ2v) is 8.20. The van der Waals surface area contributed by atoms with E-state index in [0.717, 1.165) is 22.6 Å². The van der Waals surface area contributed by atoms with Crippen LogP contribution in [-0.2, 0) is 14.3 Å². The molecular formula is C26H22ClFN2O3. The summed E-state index contributed by atoms with van der Waals surface area (Å²) in [6.07, 6.45) is 1.70. The van der Waals surface area contributed by atoms with Gasteiger partial charge in [0.15, 0.2) is 0 Å². The number of nitrogens with zero attached hydrogens (tertiary/aromatic N) is 2. The molecule has 1 aliphatic rings. The third kappa shape index (κ3) is 3.98. The number of allylic oxidation sites excluding steroid dienone is 1. The van der Waals surface area contributed by atoms with E-state index in [-0.39, 0.29) is 22.9 Å². The number of carbonyl (C=O) groups excluding carboxylic acids is 2. The third-order valence-electron chi connectivity index (χ3n) is 5.73. The molecule has 4 rings (SSSR count). The van der Waals surface area contributed by atoms with Gasteiger partial charge in [0.1, 0.15) is 5.82 Å². The van der Waals surface area contributed by atoms with Gasteiger partial charge in [-0.05, 0) is 87.0 Å². The summed E-state index contributed by atoms with van der Waals surface area (Å²) in [5.74, 6) is -1.23. The Bertz CT molecular complexity index is 1320. The van der Waals surface area contributed by atoms with Crippen LogP contribution in [-0.4, -0.2) is 23.6 Å². The number of hydrogen-bond donors (Lipinski definition) is 0. The molecule has 0 saturated carbocycles. The zero-order valence-corrected chi connectivity index (χ0v) is 19.4. The lowest BCUT2D eigenvalue weighted by Gasteiger charge is -2.17. The number of ether oxygens (including phenoxy) is 1. The normalized spacial score (nSPS) is 15.0. The molecule has 1 aliphatic heterocycles. The SMILES string of the molecule is COC(=O)C1=C(C)N(c2ccc(Cl)cc2)C(=O)/C1=C\c1cc(C)n(-c2ccc(F)cc2)c1C. The predicted molar refractivity (Wildman–Crippen MR) is 127 cm³/mol. The maximum absolute atomic E-state index is 13.5. The van der Waals surface area contributed by atoms with Crippen molar-refractivity contribution in [3.63, 3.8) is 0 Å². The zero-order chi connectivity index (χ0) is 23.9. The fraction of sp³-hybridized carbons (Fsp3) is 0.154. The first-order chi connectivity index (χ1) is 15.7. The molecule has 33 heavy (non-hydrogen) atoms. The molecule has 2 heterocycles. The van der Waals surface area contributed by atoms with Gasteiger partial charge in [-0.25, -0.2) is 9.18 Å². The number of amides is 1. The Morgan fingerprint density at radius 2 is 1.61 bits per heavy atom. The molecule has 0 saturated heterocycles. The summed E-state index contributed by atoms with van der Waals surface area (Å²) in [7, 11) is 1.29. The van der Waals surface area contributed by atoms with Crippen molar-refractivity contribution in [2.45, 2.75) is 20.8 Å². The Balaban J connectivity index is 1.84. The Labute approximate surface area is 196 Å². The lowest BCUT2D eigenvalue weighted by Crippen LogP contribution is -2.24. The molecule has 1 aromatic heterocycles. The summed E-state index contributed by atoms with van der Waals surface area (Å²) in [5, 5.41) is 0.546. The van der Waals surface area contributed by atoms with Crippen molar-refractivity contribution < 1.29 is 18.7 Å². The van der Waals surface area contributed by atoms with Gasteiger partial charge in [0.25, 0.3) is 5.91 Å². The molecule has 168 valence electrons. The number of benzene rings is 2. The first-order valence-electron chi connectivity index (χ1n) is 10.3. The fourth-order valence-electron chi connectivity index (χ4n) is 4.16. The van der Waals surface area contributed by atoms with Crippen LogP contribution < -0.4 is 4.90 Å². The fourth-order valence-corrected chi connectivity index (χ4v) is 4.28. The Morgan fingerprint density at radius 1 is 1.00 bits per heavy atom. The van der Waals surface area contributed by atoms with Crippen molar-refractivity contribution in [3.05, 3.63) is 99.2 Å². The predicted octanol–water partition coefficient (Wildman–Crippen LogP) is 5.76. The van der Waals surface area contributed by atoms with Crippen molar-refractivity contribution in [1.29, 1.82) is 0 Å². The maximum Gasteiger partial charge on any atom is 0.340 e. The minimum atomic E-state index is -0.587. The van der Waals surface area contributed by atoms with E-state index in [1.807, 2.05) is 24.5 Å². The van der Waals surface area contributed by atoms with Gasteiger partial charge < -0.3 is 9.30 Å². The number of esters is 1. The van der Waals surface area contributed by atoms with Crippen LogP contribution in [0.25, 0.3) is 11.8 Å². The number of anilines is 1. The van der Waals surface area contributed by atoms with Crippen LogP contribution in [0, 0.1) is 19.7 Å². The number of methoxy groups -OCH3 is 1. The Morgan fingerprint density at radius 3 is 2.21 bits per heavy atom. The average Bonchev–Trinajstić information content (AvgIpc) is 3.21. The van der Waals surface area contributed by atoms with Crippen molar-refractivity contribution in [2.75, 3.05) is 12.0 Å². The monoisotopic (exact) mass is 464 g/mol. The van der Waals surface area contributed by atoms with E-state index < -0.39 is 5.97 Å². The first kappa shape index (κ1) is 22.6. The van der Waals surface area contributed by atoms with Crippen molar-refractivity contribution >= 4 is 35.2 Å². The number of rotatable bonds is 4. The molecule has 7 heteroatoms. The topological polar surface area (TPSA) is 51.5 Å². The smallest absolute Gasteiger partial charge is 0.340 e. The van der Waals surface area contributed by atoms with Gasteiger partial charge in [-0.3, -0.25) is 9.69 Å². The Kier molecular flexibility index (Phi) is 5.95. The molecule has 1 amide bonds. The van der Waals surface area contributed by atoms with Crippen LogP contribution >= 0.6 is 11.6 Å². The maximum atomic E-state index is 13.5. The van der Waals surface area contributed by atoms with Gasteiger partial charge in [0, 0.05) is 33.5 Å². The largest absolute Gasteiger partial charge is 0.465 e. The molecule has 0 unspecified atom stereocenters. The summed E-state index contributed by atoms with van der Waals surface area (Å²) in [5.41, 5.74) is 4.87. The highest BCUT2D eigenvalue weighted by atomic mass is 35.5. The van der Waals surface area contributed by atoms with E-state index in [1.165, 1.54) is 24.1 Å². The highest BCUT2D eigenvalue weighted by Gasteiger charge is 2.38. The number of carbonyl (C=O) groups is 2. The first-order valence-corrected chi connectivity index (χ1v) is 10.7. The molecule has 5 nitrogen and oxygen atoms in total. The quantitative estimate of drug-likeness (QED) is 0.364. The summed E-state index contributed by atoms with van der Waals surface area (Å²) in [4.78, 5) is 27.6. The van der Waals surface area contributed by atoms with Gasteiger partial charge in [-0.2, -0.15) is 0 Å². The number of aromatic nitrogens is 1. The van der Waals surface area contributed by atoms with Gasteiger partial charge in [-0.15, -0.1) is 0 Å². The van der Waals surface area contributed by atoms with E-state index in [4.69, 9.17) is 16.3 Å². The second-order valence-electron chi connectivity index (χ2n) is 7.77. The summed E-state index contributed by atoms with van der Waals surface area (Å²) < 4.78 is 20.3. The highest BCUT2D eigenvalue weighted by molar-refractivity contribution is 6.30. The summed E-state index contributed by atoms with van der Waals surface area (Å²) in [6, 6.07) is 14.9. The van der Waals surface area contributed by atoms with Crippen LogP contribution in [0.1, 0.15) is 23.9 Å². The lowest BCUT2D eigenvalue weighted by atomic mass is 10.0. The summed E-state index contributed by atoms with van der Waals surface area (Å²) in [6.45, 7) is 5.55. The lowest BCUT2D eigenvalue weighted by molar-refractivity contribution is -0.136. The standard InChI is InChI=1S/C26H22ClFN2O3/c1-15-13-18(16(2)29(15)21-11-7-20(28)8-12-21)14-23-24(26(32)33-4)17(3)30(25(23)31)22-9-5-19(27)6-10-22/h5-14H,1-4H3/b23-14-. The van der Waals surface area contributed by atoms with Gasteiger partial charge in [0.2, 0.25) is 0 Å². The van der Waals surface area contributed by atoms with Crippen LogP contribution in [0.3, 0.4) is 0 Å². The van der Waals surface area contributed by atoms with E-state index in [2.05, 4.69) is 0 Å². The third-order valence-corrected chi connectivity index (χ3v) is 5.98. The highest BCUT2D eigenvalue weighted by Crippen LogP contribution is 2.36. The number of aryl methyl sites for hydroxylation is 1. The number of halogens is 2. The number of hydrogen-bond acceptors (Lipinski definition) is 3. The molecule has 3 aromatic rings. The molecule has 2 aromatic carbocycles. The Hall–Kier alpha value is -3.64. The minimum absolute atomic E-state index is 0.212. The van der Waals surface area contributed by atoms with Crippen LogP contribution in [0.5, 0.6) is 0 Å². The zero-order valence-electron chi connectivity index (χ0n) is 18.6. The molecule has 0 fully saturated rings. The van der Waals surface area contributed by atoms with Crippen LogP contribution in [0.4, 0.5) is 10.1 Å². The molecule has 0 radical (unpaired) electrons. The molecule has 0 aliphatic carbocycles. The van der Waals surface area contributed by atoms with Gasteiger partial charge >= 0.3 is 5.97 Å².